The zero-order valence-electron chi connectivity index (χ0n) is 5.13. The maximum Gasteiger partial charge on any atom is 0.195 e. The lowest BCUT2D eigenvalue weighted by atomic mass is 11.0. The minimum absolute atomic E-state index is 0.674. The van der Waals surface area contributed by atoms with E-state index in [-0.39, 0.29) is 0 Å². The van der Waals surface area contributed by atoms with Crippen LogP contribution < -0.4 is 4.72 Å². The van der Waals surface area contributed by atoms with Gasteiger partial charge in [0, 0.05) is 6.26 Å². The van der Waals surface area contributed by atoms with Gasteiger partial charge in [-0.15, -0.1) is 0 Å². The summed E-state index contributed by atoms with van der Waals surface area (Å²) in [7, 11) is -1.03. The molecule has 1 heterocycles. The Bertz CT molecular complexity index is 249. The average Bonchev–Trinajstić information content (AvgIpc) is 2.13. The van der Waals surface area contributed by atoms with Crippen molar-refractivity contribution in [1.29, 1.82) is 0 Å². The van der Waals surface area contributed by atoms with Gasteiger partial charge >= 0.3 is 0 Å². The molecule has 56 valence electrons. The van der Waals surface area contributed by atoms with Crippen molar-refractivity contribution in [2.75, 3.05) is 11.0 Å². The van der Waals surface area contributed by atoms with E-state index in [9.17, 15) is 4.21 Å². The summed E-state index contributed by atoms with van der Waals surface area (Å²) in [5.41, 5.74) is 0. The van der Waals surface area contributed by atoms with Gasteiger partial charge in [-0.2, -0.15) is 0 Å². The molecule has 1 aromatic rings. The quantitative estimate of drug-likeness (QED) is 0.854. The summed E-state index contributed by atoms with van der Waals surface area (Å²) in [4.78, 5) is 3.92. The van der Waals surface area contributed by atoms with Gasteiger partial charge in [-0.25, -0.2) is 9.19 Å². The summed E-state index contributed by atoms with van der Waals surface area (Å²) in [6.07, 6.45) is 3.23. The molecule has 1 unspecified atom stereocenters. The van der Waals surface area contributed by atoms with Crippen molar-refractivity contribution in [2.45, 2.75) is 0 Å². The number of thiazole rings is 1. The standard InChI is InChI=1S/C4H5BrN2OS2/c1-10(8)7-4-6-2-3(5)9-4/h2H,1H3,(H,6,7). The molecule has 1 atom stereocenters. The number of halogens is 1. The third-order valence-corrected chi connectivity index (χ3v) is 2.71. The summed E-state index contributed by atoms with van der Waals surface area (Å²) >= 11 is 4.66. The topological polar surface area (TPSA) is 42.0 Å². The van der Waals surface area contributed by atoms with Crippen molar-refractivity contribution >= 4 is 43.4 Å². The Morgan fingerprint density at radius 2 is 2.60 bits per heavy atom. The van der Waals surface area contributed by atoms with Crippen molar-refractivity contribution in [1.82, 2.24) is 4.98 Å². The Labute approximate surface area is 73.6 Å². The molecule has 3 nitrogen and oxygen atoms in total. The summed E-state index contributed by atoms with van der Waals surface area (Å²) in [6, 6.07) is 0. The van der Waals surface area contributed by atoms with Crippen LogP contribution in [-0.4, -0.2) is 15.4 Å². The molecule has 0 amide bonds. The van der Waals surface area contributed by atoms with E-state index < -0.39 is 11.0 Å². The average molecular weight is 241 g/mol. The second-order valence-corrected chi connectivity index (χ2v) is 5.05. The molecule has 1 aromatic heterocycles. The van der Waals surface area contributed by atoms with Crippen LogP contribution in [0.15, 0.2) is 9.98 Å². The summed E-state index contributed by atoms with van der Waals surface area (Å²) < 4.78 is 14.2. The highest BCUT2D eigenvalue weighted by Gasteiger charge is 1.98. The number of hydrogen-bond donors (Lipinski definition) is 1. The molecule has 0 aliphatic carbocycles. The van der Waals surface area contributed by atoms with Crippen LogP contribution >= 0.6 is 27.3 Å². The number of nitrogens with zero attached hydrogens (tertiary/aromatic N) is 1. The van der Waals surface area contributed by atoms with E-state index in [1.54, 1.807) is 12.5 Å². The van der Waals surface area contributed by atoms with Crippen molar-refractivity contribution in [3.05, 3.63) is 9.98 Å². The Kier molecular flexibility index (Phi) is 2.82. The second-order valence-electron chi connectivity index (χ2n) is 1.53. The predicted molar refractivity (Wildman–Crippen MR) is 47.5 cm³/mol. The van der Waals surface area contributed by atoms with E-state index in [2.05, 4.69) is 25.6 Å². The monoisotopic (exact) mass is 240 g/mol. The Balaban J connectivity index is 2.67. The Morgan fingerprint density at radius 3 is 3.00 bits per heavy atom. The summed E-state index contributed by atoms with van der Waals surface area (Å²) in [5.74, 6) is 0. The molecule has 0 aliphatic heterocycles. The van der Waals surface area contributed by atoms with Crippen LogP contribution in [0.3, 0.4) is 0 Å². The van der Waals surface area contributed by atoms with Crippen molar-refractivity contribution < 1.29 is 4.21 Å². The number of aromatic nitrogens is 1. The van der Waals surface area contributed by atoms with Crippen LogP contribution in [0.25, 0.3) is 0 Å². The lowest BCUT2D eigenvalue weighted by Crippen LogP contribution is -1.99. The molecule has 0 fully saturated rings. The third-order valence-electron chi connectivity index (χ3n) is 0.709. The smallest absolute Gasteiger partial charge is 0.195 e. The molecule has 1 rings (SSSR count). The zero-order valence-corrected chi connectivity index (χ0v) is 8.35. The molecule has 0 aliphatic rings. The maximum absolute atomic E-state index is 10.6. The SMILES string of the molecule is CS(=O)Nc1ncc(Br)s1. The van der Waals surface area contributed by atoms with Gasteiger partial charge in [0.1, 0.15) is 11.0 Å². The fourth-order valence-corrected chi connectivity index (χ4v) is 2.20. The molecule has 0 spiro atoms. The number of hydrogen-bond acceptors (Lipinski definition) is 3. The molecule has 10 heavy (non-hydrogen) atoms. The minimum Gasteiger partial charge on any atom is -0.281 e. The first-order chi connectivity index (χ1) is 4.68. The van der Waals surface area contributed by atoms with E-state index in [1.807, 2.05) is 0 Å². The highest BCUT2D eigenvalue weighted by Crippen LogP contribution is 2.22. The molecule has 0 aromatic carbocycles. The van der Waals surface area contributed by atoms with Gasteiger partial charge in [-0.3, -0.25) is 4.72 Å². The zero-order chi connectivity index (χ0) is 7.56. The molecule has 6 heteroatoms. The van der Waals surface area contributed by atoms with Crippen LogP contribution in [0, 0.1) is 0 Å². The van der Waals surface area contributed by atoms with Crippen LogP contribution in [0.4, 0.5) is 5.13 Å². The van der Waals surface area contributed by atoms with Gasteiger partial charge in [0.25, 0.3) is 0 Å². The fraction of sp³-hybridized carbons (Fsp3) is 0.250. The maximum atomic E-state index is 10.6. The molecule has 0 radical (unpaired) electrons. The Hall–Kier alpha value is 0.0600. The summed E-state index contributed by atoms with van der Waals surface area (Å²) in [5, 5.41) is 0.674. The first-order valence-electron chi connectivity index (χ1n) is 2.40. The number of nitrogens with one attached hydrogen (secondary N) is 1. The molecule has 0 saturated heterocycles. The molecular formula is C4H5BrN2OS2. The third kappa shape index (κ3) is 2.36. The fourth-order valence-electron chi connectivity index (χ4n) is 0.425. The first-order valence-corrected chi connectivity index (χ1v) is 5.56. The number of anilines is 1. The first kappa shape index (κ1) is 8.16. The highest BCUT2D eigenvalue weighted by molar-refractivity contribution is 9.11. The van der Waals surface area contributed by atoms with Gasteiger partial charge in [0.05, 0.1) is 9.98 Å². The van der Waals surface area contributed by atoms with Crippen LogP contribution in [0.1, 0.15) is 0 Å². The van der Waals surface area contributed by atoms with Crippen LogP contribution in [0.5, 0.6) is 0 Å². The van der Waals surface area contributed by atoms with Gasteiger partial charge in [0.2, 0.25) is 0 Å². The van der Waals surface area contributed by atoms with E-state index >= 15 is 0 Å². The minimum atomic E-state index is -1.03. The van der Waals surface area contributed by atoms with Gasteiger partial charge < -0.3 is 0 Å². The van der Waals surface area contributed by atoms with Gasteiger partial charge in [0.15, 0.2) is 5.13 Å². The molecule has 0 saturated carbocycles. The summed E-state index contributed by atoms with van der Waals surface area (Å²) in [6.45, 7) is 0. The predicted octanol–water partition coefficient (Wildman–Crippen LogP) is 1.61. The van der Waals surface area contributed by atoms with Crippen LogP contribution in [0.2, 0.25) is 0 Å². The van der Waals surface area contributed by atoms with E-state index in [0.717, 1.165) is 3.79 Å². The largest absolute Gasteiger partial charge is 0.281 e. The molecule has 1 N–H and O–H groups in total. The van der Waals surface area contributed by atoms with E-state index in [0.29, 0.717) is 5.13 Å². The van der Waals surface area contributed by atoms with E-state index in [4.69, 9.17) is 0 Å². The van der Waals surface area contributed by atoms with Crippen molar-refractivity contribution in [3.8, 4) is 0 Å². The van der Waals surface area contributed by atoms with Crippen LogP contribution in [-0.2, 0) is 11.0 Å². The lowest BCUT2D eigenvalue weighted by molar-refractivity contribution is 0.690. The Morgan fingerprint density at radius 1 is 1.90 bits per heavy atom. The normalized spacial score (nSPS) is 13.0. The van der Waals surface area contributed by atoms with E-state index in [1.165, 1.54) is 11.3 Å². The van der Waals surface area contributed by atoms with Crippen molar-refractivity contribution in [2.24, 2.45) is 0 Å². The molecular weight excluding hydrogens is 236 g/mol. The lowest BCUT2D eigenvalue weighted by Gasteiger charge is -1.92. The molecule has 0 bridgehead atoms. The highest BCUT2D eigenvalue weighted by atomic mass is 79.9. The number of rotatable bonds is 2. The van der Waals surface area contributed by atoms with Gasteiger partial charge in [-0.05, 0) is 15.9 Å². The van der Waals surface area contributed by atoms with Gasteiger partial charge in [-0.1, -0.05) is 11.3 Å². The second kappa shape index (κ2) is 3.45. The van der Waals surface area contributed by atoms with Crippen molar-refractivity contribution in [3.63, 3.8) is 0 Å².